The van der Waals surface area contributed by atoms with E-state index in [2.05, 4.69) is 15.0 Å². The molecule has 0 radical (unpaired) electrons. The fourth-order valence-corrected chi connectivity index (χ4v) is 1.44. The fourth-order valence-electron chi connectivity index (χ4n) is 0.774. The number of rotatable bonds is 3. The molecule has 1 unspecified atom stereocenters. The summed E-state index contributed by atoms with van der Waals surface area (Å²) in [5.74, 6) is -0.325. The molecule has 72 valence electrons. The smallest absolute Gasteiger partial charge is 0.328 e. The summed E-state index contributed by atoms with van der Waals surface area (Å²) in [4.78, 5) is 14.9. The third kappa shape index (κ3) is 2.59. The Morgan fingerprint density at radius 3 is 3.00 bits per heavy atom. The molecule has 1 aromatic heterocycles. The van der Waals surface area contributed by atoms with Gasteiger partial charge in [0.2, 0.25) is 0 Å². The molecule has 6 heteroatoms. The van der Waals surface area contributed by atoms with Crippen molar-refractivity contribution in [2.24, 2.45) is 0 Å². The number of nitrogen functional groups attached to an aromatic ring is 1. The molecule has 1 heterocycles. The minimum absolute atomic E-state index is 0.325. The molecule has 0 aromatic carbocycles. The Kier molecular flexibility index (Phi) is 3.07. The zero-order valence-electron chi connectivity index (χ0n) is 7.40. The average Bonchev–Trinajstić information content (AvgIpc) is 2.49. The second-order valence-corrected chi connectivity index (χ2v) is 3.52. The number of hydrogen-bond donors (Lipinski definition) is 2. The van der Waals surface area contributed by atoms with Crippen LogP contribution in [0, 0.1) is 0 Å². The van der Waals surface area contributed by atoms with Gasteiger partial charge in [-0.3, -0.25) is 0 Å². The molecular weight excluding hydrogens is 190 g/mol. The van der Waals surface area contributed by atoms with E-state index >= 15 is 0 Å². The van der Waals surface area contributed by atoms with Crippen LogP contribution >= 0.6 is 11.3 Å². The summed E-state index contributed by atoms with van der Waals surface area (Å²) in [7, 11) is 1.34. The zero-order chi connectivity index (χ0) is 9.84. The van der Waals surface area contributed by atoms with Gasteiger partial charge < -0.3 is 15.8 Å². The van der Waals surface area contributed by atoms with E-state index in [-0.39, 0.29) is 5.97 Å². The van der Waals surface area contributed by atoms with Gasteiger partial charge in [0.05, 0.1) is 13.3 Å². The van der Waals surface area contributed by atoms with Crippen LogP contribution in [0.15, 0.2) is 6.20 Å². The molecule has 0 aliphatic carbocycles. The van der Waals surface area contributed by atoms with Crippen LogP contribution < -0.4 is 11.1 Å². The topological polar surface area (TPSA) is 77.2 Å². The number of methoxy groups -OCH3 is 1. The van der Waals surface area contributed by atoms with Crippen LogP contribution in [-0.4, -0.2) is 24.1 Å². The van der Waals surface area contributed by atoms with Crippen molar-refractivity contribution >= 4 is 27.4 Å². The van der Waals surface area contributed by atoms with Gasteiger partial charge in [-0.2, -0.15) is 0 Å². The monoisotopic (exact) mass is 201 g/mol. The maximum absolute atomic E-state index is 11.0. The van der Waals surface area contributed by atoms with Crippen molar-refractivity contribution in [1.82, 2.24) is 4.98 Å². The highest BCUT2D eigenvalue weighted by atomic mass is 32.1. The van der Waals surface area contributed by atoms with Crippen molar-refractivity contribution in [2.45, 2.75) is 13.0 Å². The number of carbonyl (C=O) groups excluding carboxylic acids is 1. The molecule has 0 spiro atoms. The third-order valence-corrected chi connectivity index (χ3v) is 2.18. The number of thiazole rings is 1. The first-order chi connectivity index (χ1) is 6.13. The molecule has 1 atom stereocenters. The number of anilines is 2. The molecular formula is C7H11N3O2S. The number of nitrogens with two attached hydrogens (primary N) is 1. The lowest BCUT2D eigenvalue weighted by Gasteiger charge is -2.09. The Balaban J connectivity index is 2.54. The number of esters is 1. The largest absolute Gasteiger partial charge is 0.467 e. The number of carbonyl (C=O) groups is 1. The fraction of sp³-hybridized carbons (Fsp3) is 0.429. The lowest BCUT2D eigenvalue weighted by atomic mass is 10.3. The van der Waals surface area contributed by atoms with Crippen molar-refractivity contribution in [2.75, 3.05) is 18.2 Å². The number of ether oxygens (including phenoxy) is 1. The Morgan fingerprint density at radius 2 is 2.54 bits per heavy atom. The lowest BCUT2D eigenvalue weighted by molar-refractivity contribution is -0.141. The van der Waals surface area contributed by atoms with Crippen LogP contribution in [0.1, 0.15) is 6.92 Å². The van der Waals surface area contributed by atoms with Gasteiger partial charge in [0, 0.05) is 0 Å². The molecule has 0 saturated heterocycles. The van der Waals surface area contributed by atoms with Gasteiger partial charge in [-0.25, -0.2) is 9.78 Å². The predicted molar refractivity (Wildman–Crippen MR) is 51.6 cm³/mol. The SMILES string of the molecule is COC(=O)C(C)Nc1ncc(N)s1. The van der Waals surface area contributed by atoms with Crippen molar-refractivity contribution in [3.8, 4) is 0 Å². The molecule has 0 aliphatic rings. The second kappa shape index (κ2) is 4.08. The molecule has 3 N–H and O–H groups in total. The number of nitrogens with zero attached hydrogens (tertiary/aromatic N) is 1. The van der Waals surface area contributed by atoms with Gasteiger partial charge >= 0.3 is 5.97 Å². The predicted octanol–water partition coefficient (Wildman–Crippen LogP) is 0.699. The van der Waals surface area contributed by atoms with Gasteiger partial charge in [0.1, 0.15) is 11.0 Å². The van der Waals surface area contributed by atoms with E-state index in [1.54, 1.807) is 6.92 Å². The summed E-state index contributed by atoms with van der Waals surface area (Å²) in [6.07, 6.45) is 1.54. The molecule has 0 aliphatic heterocycles. The van der Waals surface area contributed by atoms with Crippen molar-refractivity contribution in [1.29, 1.82) is 0 Å². The first-order valence-corrected chi connectivity index (χ1v) is 4.51. The van der Waals surface area contributed by atoms with E-state index in [0.29, 0.717) is 10.1 Å². The van der Waals surface area contributed by atoms with Crippen LogP contribution in [0.25, 0.3) is 0 Å². The van der Waals surface area contributed by atoms with Crippen LogP contribution in [0.4, 0.5) is 10.1 Å². The molecule has 0 fully saturated rings. The summed E-state index contributed by atoms with van der Waals surface area (Å²) in [5, 5.41) is 4.10. The van der Waals surface area contributed by atoms with Crippen LogP contribution in [0.2, 0.25) is 0 Å². The number of hydrogen-bond acceptors (Lipinski definition) is 6. The summed E-state index contributed by atoms with van der Waals surface area (Å²) in [6, 6.07) is -0.407. The standard InChI is InChI=1S/C7H11N3O2S/c1-4(6(11)12-2)10-7-9-3-5(8)13-7/h3-4H,8H2,1-2H3,(H,9,10). The van der Waals surface area contributed by atoms with E-state index < -0.39 is 6.04 Å². The molecule has 0 bridgehead atoms. The van der Waals surface area contributed by atoms with Crippen molar-refractivity contribution in [3.05, 3.63) is 6.20 Å². The lowest BCUT2D eigenvalue weighted by Crippen LogP contribution is -2.26. The van der Waals surface area contributed by atoms with Crippen molar-refractivity contribution < 1.29 is 9.53 Å². The maximum atomic E-state index is 11.0. The first kappa shape index (κ1) is 9.79. The highest BCUT2D eigenvalue weighted by Gasteiger charge is 2.13. The molecule has 1 rings (SSSR count). The van der Waals surface area contributed by atoms with E-state index in [4.69, 9.17) is 5.73 Å². The number of aromatic nitrogens is 1. The van der Waals surface area contributed by atoms with Gasteiger partial charge in [0.15, 0.2) is 5.13 Å². The Labute approximate surface area is 79.9 Å². The van der Waals surface area contributed by atoms with Gasteiger partial charge in [-0.15, -0.1) is 0 Å². The normalized spacial score (nSPS) is 12.2. The van der Waals surface area contributed by atoms with E-state index in [1.807, 2.05) is 0 Å². The van der Waals surface area contributed by atoms with Gasteiger partial charge in [0.25, 0.3) is 0 Å². The highest BCUT2D eigenvalue weighted by molar-refractivity contribution is 7.19. The van der Waals surface area contributed by atoms with E-state index in [0.717, 1.165) is 0 Å². The quantitative estimate of drug-likeness (QED) is 0.704. The van der Waals surface area contributed by atoms with Crippen molar-refractivity contribution in [3.63, 3.8) is 0 Å². The molecule has 0 amide bonds. The number of nitrogens with one attached hydrogen (secondary N) is 1. The third-order valence-electron chi connectivity index (χ3n) is 1.42. The Hall–Kier alpha value is -1.30. The Morgan fingerprint density at radius 1 is 1.85 bits per heavy atom. The summed E-state index contributed by atoms with van der Waals surface area (Å²) < 4.78 is 4.54. The van der Waals surface area contributed by atoms with Gasteiger partial charge in [-0.1, -0.05) is 11.3 Å². The minimum Gasteiger partial charge on any atom is -0.467 e. The highest BCUT2D eigenvalue weighted by Crippen LogP contribution is 2.20. The van der Waals surface area contributed by atoms with E-state index in [9.17, 15) is 4.79 Å². The molecule has 13 heavy (non-hydrogen) atoms. The summed E-state index contributed by atoms with van der Waals surface area (Å²) in [6.45, 7) is 1.70. The molecule has 5 nitrogen and oxygen atoms in total. The van der Waals surface area contributed by atoms with E-state index in [1.165, 1.54) is 24.6 Å². The minimum atomic E-state index is -0.407. The Bertz CT molecular complexity index is 300. The summed E-state index contributed by atoms with van der Waals surface area (Å²) in [5.41, 5.74) is 5.46. The first-order valence-electron chi connectivity index (χ1n) is 3.69. The van der Waals surface area contributed by atoms with Crippen LogP contribution in [0.3, 0.4) is 0 Å². The van der Waals surface area contributed by atoms with Gasteiger partial charge in [-0.05, 0) is 6.92 Å². The zero-order valence-corrected chi connectivity index (χ0v) is 8.22. The molecule has 1 aromatic rings. The second-order valence-electron chi connectivity index (χ2n) is 2.46. The average molecular weight is 201 g/mol. The molecule has 0 saturated carbocycles. The summed E-state index contributed by atoms with van der Waals surface area (Å²) >= 11 is 1.29. The van der Waals surface area contributed by atoms with Crippen LogP contribution in [-0.2, 0) is 9.53 Å². The van der Waals surface area contributed by atoms with Crippen LogP contribution in [0.5, 0.6) is 0 Å². The maximum Gasteiger partial charge on any atom is 0.328 e.